The predicted octanol–water partition coefficient (Wildman–Crippen LogP) is 2.51. The lowest BCUT2D eigenvalue weighted by atomic mass is 10.1. The van der Waals surface area contributed by atoms with Gasteiger partial charge >= 0.3 is 0 Å². The van der Waals surface area contributed by atoms with Crippen LogP contribution in [0.2, 0.25) is 0 Å². The molecule has 0 unspecified atom stereocenters. The average Bonchev–Trinajstić information content (AvgIpc) is 2.66. The SMILES string of the molecule is COc1cc(C#N)ccc1OCC(=O)c1ccc(CCNC(C)=O)cc1. The van der Waals surface area contributed by atoms with Gasteiger partial charge < -0.3 is 14.8 Å². The molecule has 0 aliphatic heterocycles. The van der Waals surface area contributed by atoms with Crippen molar-refractivity contribution in [1.29, 1.82) is 5.26 Å². The molecule has 0 heterocycles. The Morgan fingerprint density at radius 1 is 1.12 bits per heavy atom. The highest BCUT2D eigenvalue weighted by Crippen LogP contribution is 2.27. The normalized spacial score (nSPS) is 9.88. The summed E-state index contributed by atoms with van der Waals surface area (Å²) >= 11 is 0. The van der Waals surface area contributed by atoms with Crippen LogP contribution in [-0.4, -0.2) is 32.0 Å². The van der Waals surface area contributed by atoms with Crippen LogP contribution in [0.5, 0.6) is 11.5 Å². The number of nitrogens with zero attached hydrogens (tertiary/aromatic N) is 1. The smallest absolute Gasteiger partial charge is 0.216 e. The first-order valence-corrected chi connectivity index (χ1v) is 8.11. The third-order valence-electron chi connectivity index (χ3n) is 3.72. The maximum absolute atomic E-state index is 12.3. The van der Waals surface area contributed by atoms with Crippen molar-refractivity contribution in [3.8, 4) is 17.6 Å². The molecule has 6 heteroatoms. The number of amides is 1. The minimum absolute atomic E-state index is 0.0628. The number of hydrogen-bond donors (Lipinski definition) is 1. The van der Waals surface area contributed by atoms with Crippen LogP contribution in [0, 0.1) is 11.3 Å². The molecule has 0 spiro atoms. The Labute approximate surface area is 152 Å². The Hall–Kier alpha value is -3.33. The largest absolute Gasteiger partial charge is 0.493 e. The molecule has 0 fully saturated rings. The van der Waals surface area contributed by atoms with E-state index in [2.05, 4.69) is 5.32 Å². The second-order valence-electron chi connectivity index (χ2n) is 5.62. The highest BCUT2D eigenvalue weighted by atomic mass is 16.5. The van der Waals surface area contributed by atoms with Crippen molar-refractivity contribution in [3.63, 3.8) is 0 Å². The van der Waals surface area contributed by atoms with Crippen LogP contribution >= 0.6 is 0 Å². The molecule has 0 aliphatic rings. The van der Waals surface area contributed by atoms with E-state index in [0.29, 0.717) is 35.6 Å². The highest BCUT2D eigenvalue weighted by molar-refractivity contribution is 5.97. The van der Waals surface area contributed by atoms with Crippen LogP contribution in [0.1, 0.15) is 28.4 Å². The van der Waals surface area contributed by atoms with Crippen LogP contribution in [0.15, 0.2) is 42.5 Å². The number of carbonyl (C=O) groups is 2. The summed E-state index contributed by atoms with van der Waals surface area (Å²) in [6, 6.07) is 14.0. The van der Waals surface area contributed by atoms with Gasteiger partial charge in [-0.15, -0.1) is 0 Å². The Morgan fingerprint density at radius 3 is 2.46 bits per heavy atom. The van der Waals surface area contributed by atoms with Crippen molar-refractivity contribution in [1.82, 2.24) is 5.32 Å². The standard InChI is InChI=1S/C20H20N2O4/c1-14(23)22-10-9-15-3-6-17(7-4-15)18(24)13-26-19-8-5-16(12-21)11-20(19)25-2/h3-8,11H,9-10,13H2,1-2H3,(H,22,23). The lowest BCUT2D eigenvalue weighted by Crippen LogP contribution is -2.22. The van der Waals surface area contributed by atoms with E-state index in [1.54, 1.807) is 30.3 Å². The van der Waals surface area contributed by atoms with Gasteiger partial charge in [0, 0.05) is 25.1 Å². The molecule has 1 N–H and O–H groups in total. The number of nitriles is 1. The summed E-state index contributed by atoms with van der Waals surface area (Å²) in [7, 11) is 1.48. The summed E-state index contributed by atoms with van der Waals surface area (Å²) < 4.78 is 10.7. The number of benzene rings is 2. The van der Waals surface area contributed by atoms with E-state index in [0.717, 1.165) is 5.56 Å². The quantitative estimate of drug-likeness (QED) is 0.738. The maximum atomic E-state index is 12.3. The Kier molecular flexibility index (Phi) is 6.75. The predicted molar refractivity (Wildman–Crippen MR) is 96.4 cm³/mol. The van der Waals surface area contributed by atoms with Crippen molar-refractivity contribution >= 4 is 11.7 Å². The number of carbonyl (C=O) groups excluding carboxylic acids is 2. The van der Waals surface area contributed by atoms with Crippen molar-refractivity contribution in [2.75, 3.05) is 20.3 Å². The summed E-state index contributed by atoms with van der Waals surface area (Å²) in [5.74, 6) is 0.592. The van der Waals surface area contributed by atoms with E-state index in [-0.39, 0.29) is 18.3 Å². The molecule has 2 rings (SSSR count). The van der Waals surface area contributed by atoms with E-state index >= 15 is 0 Å². The fourth-order valence-corrected chi connectivity index (χ4v) is 2.32. The lowest BCUT2D eigenvalue weighted by molar-refractivity contribution is -0.118. The molecule has 0 bridgehead atoms. The number of ether oxygens (including phenoxy) is 2. The second-order valence-corrected chi connectivity index (χ2v) is 5.62. The average molecular weight is 352 g/mol. The summed E-state index contributed by atoms with van der Waals surface area (Å²) in [4.78, 5) is 23.1. The van der Waals surface area contributed by atoms with E-state index < -0.39 is 0 Å². The monoisotopic (exact) mass is 352 g/mol. The molecule has 6 nitrogen and oxygen atoms in total. The minimum Gasteiger partial charge on any atom is -0.493 e. The van der Waals surface area contributed by atoms with Gasteiger partial charge in [-0.1, -0.05) is 24.3 Å². The van der Waals surface area contributed by atoms with Gasteiger partial charge in [-0.3, -0.25) is 9.59 Å². The van der Waals surface area contributed by atoms with Crippen LogP contribution in [0.25, 0.3) is 0 Å². The van der Waals surface area contributed by atoms with Gasteiger partial charge in [-0.05, 0) is 24.1 Å². The molecule has 0 atom stereocenters. The summed E-state index contributed by atoms with van der Waals surface area (Å²) in [6.07, 6.45) is 0.701. The van der Waals surface area contributed by atoms with Gasteiger partial charge in [-0.2, -0.15) is 5.26 Å². The number of hydrogen-bond acceptors (Lipinski definition) is 5. The van der Waals surface area contributed by atoms with Gasteiger partial charge in [0.1, 0.15) is 0 Å². The molecule has 2 aromatic carbocycles. The fraction of sp³-hybridized carbons (Fsp3) is 0.250. The third-order valence-corrected chi connectivity index (χ3v) is 3.72. The Bertz CT molecular complexity index is 823. The number of rotatable bonds is 8. The second kappa shape index (κ2) is 9.23. The maximum Gasteiger partial charge on any atom is 0.216 e. The number of nitrogens with one attached hydrogen (secondary N) is 1. The number of Topliss-reactive ketones (excluding diaryl/α,β-unsaturated/α-hetero) is 1. The summed E-state index contributed by atoms with van der Waals surface area (Å²) in [5, 5.41) is 11.6. The van der Waals surface area contributed by atoms with Crippen molar-refractivity contribution in [3.05, 3.63) is 59.2 Å². The fourth-order valence-electron chi connectivity index (χ4n) is 2.32. The van der Waals surface area contributed by atoms with Crippen LogP contribution in [-0.2, 0) is 11.2 Å². The third kappa shape index (κ3) is 5.35. The van der Waals surface area contributed by atoms with Gasteiger partial charge in [0.25, 0.3) is 0 Å². The summed E-state index contributed by atoms with van der Waals surface area (Å²) in [5.41, 5.74) is 2.03. The molecular formula is C20H20N2O4. The van der Waals surface area contributed by atoms with E-state index in [4.69, 9.17) is 14.7 Å². The minimum atomic E-state index is -0.162. The first-order chi connectivity index (χ1) is 12.5. The van der Waals surface area contributed by atoms with Gasteiger partial charge in [0.15, 0.2) is 23.9 Å². The summed E-state index contributed by atoms with van der Waals surface area (Å²) in [6.45, 7) is 1.91. The van der Waals surface area contributed by atoms with Crippen LogP contribution < -0.4 is 14.8 Å². The zero-order valence-corrected chi connectivity index (χ0v) is 14.7. The lowest BCUT2D eigenvalue weighted by Gasteiger charge is -2.10. The van der Waals surface area contributed by atoms with Crippen molar-refractivity contribution < 1.29 is 19.1 Å². The molecule has 0 radical (unpaired) electrons. The molecule has 0 aliphatic carbocycles. The Balaban J connectivity index is 1.94. The molecular weight excluding hydrogens is 332 g/mol. The zero-order chi connectivity index (χ0) is 18.9. The van der Waals surface area contributed by atoms with Gasteiger partial charge in [-0.25, -0.2) is 0 Å². The van der Waals surface area contributed by atoms with Crippen LogP contribution in [0.4, 0.5) is 0 Å². The van der Waals surface area contributed by atoms with Gasteiger partial charge in [0.05, 0.1) is 18.7 Å². The molecule has 0 saturated heterocycles. The molecule has 134 valence electrons. The van der Waals surface area contributed by atoms with Gasteiger partial charge in [0.2, 0.25) is 5.91 Å². The molecule has 26 heavy (non-hydrogen) atoms. The van der Waals surface area contributed by atoms with E-state index in [9.17, 15) is 9.59 Å². The highest BCUT2D eigenvalue weighted by Gasteiger charge is 2.10. The molecule has 2 aromatic rings. The molecule has 0 saturated carbocycles. The first-order valence-electron chi connectivity index (χ1n) is 8.11. The van der Waals surface area contributed by atoms with E-state index in [1.807, 2.05) is 18.2 Å². The number of methoxy groups -OCH3 is 1. The zero-order valence-electron chi connectivity index (χ0n) is 14.7. The molecule has 1 amide bonds. The van der Waals surface area contributed by atoms with Crippen molar-refractivity contribution in [2.24, 2.45) is 0 Å². The van der Waals surface area contributed by atoms with Crippen LogP contribution in [0.3, 0.4) is 0 Å². The van der Waals surface area contributed by atoms with E-state index in [1.165, 1.54) is 14.0 Å². The Morgan fingerprint density at radius 2 is 1.85 bits per heavy atom. The van der Waals surface area contributed by atoms with Crippen molar-refractivity contribution in [2.45, 2.75) is 13.3 Å². The number of ketones is 1. The topological polar surface area (TPSA) is 88.4 Å². The first kappa shape index (κ1) is 19.0. The molecule has 0 aromatic heterocycles.